The van der Waals surface area contributed by atoms with Crippen LogP contribution >= 0.6 is 23.5 Å². The molecule has 11 heteroatoms. The topological polar surface area (TPSA) is 155 Å². The van der Waals surface area contributed by atoms with Gasteiger partial charge in [0.1, 0.15) is 0 Å². The Morgan fingerprint density at radius 3 is 2.76 bits per heavy atom. The number of nitrogens with two attached hydrogens (primary N) is 3. The van der Waals surface area contributed by atoms with E-state index >= 15 is 0 Å². The molecule has 0 spiro atoms. The third kappa shape index (κ3) is 6.66. The van der Waals surface area contributed by atoms with Gasteiger partial charge in [0.05, 0.1) is 12.2 Å². The van der Waals surface area contributed by atoms with E-state index in [1.807, 2.05) is 0 Å². The van der Waals surface area contributed by atoms with Crippen molar-refractivity contribution in [2.75, 3.05) is 26.4 Å². The molecule has 0 atom stereocenters. The number of benzene rings is 1. The summed E-state index contributed by atoms with van der Waals surface area (Å²) in [5, 5.41) is 18.6. The third-order valence-electron chi connectivity index (χ3n) is 2.70. The van der Waals surface area contributed by atoms with Gasteiger partial charge in [0.15, 0.2) is 5.17 Å². The largest absolute Gasteiger partial charge is 0.398 e. The molecule has 1 aromatic rings. The Hall–Kier alpha value is -2.21. The van der Waals surface area contributed by atoms with Crippen LogP contribution in [0.15, 0.2) is 44.7 Å². The highest BCUT2D eigenvalue weighted by Gasteiger charge is 2.14. The monoisotopic (exact) mass is 383 g/mol. The van der Waals surface area contributed by atoms with E-state index in [4.69, 9.17) is 22.5 Å². The molecular formula is C14H21N7O2S2. The number of thioether (sulfide) groups is 2. The summed E-state index contributed by atoms with van der Waals surface area (Å²) in [4.78, 5) is 17.1. The van der Waals surface area contributed by atoms with Crippen molar-refractivity contribution in [3.63, 3.8) is 0 Å². The number of carbonyl (C=O) groups excluding carboxylic acids is 1. The second kappa shape index (κ2) is 10.6. The average Bonchev–Trinajstić information content (AvgIpc) is 2.59. The van der Waals surface area contributed by atoms with Gasteiger partial charge in [0, 0.05) is 24.7 Å². The molecular weight excluding hydrogens is 362 g/mol. The van der Waals surface area contributed by atoms with Crippen LogP contribution in [0.2, 0.25) is 0 Å². The van der Waals surface area contributed by atoms with E-state index in [2.05, 4.69) is 15.4 Å². The number of amidine groups is 2. The number of rotatable bonds is 4. The highest BCUT2D eigenvalue weighted by molar-refractivity contribution is 8.16. The molecule has 0 saturated heterocycles. The Bertz CT molecular complexity index is 690. The zero-order chi connectivity index (χ0) is 18.8. The van der Waals surface area contributed by atoms with Gasteiger partial charge in [-0.3, -0.25) is 14.8 Å². The minimum Gasteiger partial charge on any atom is -0.398 e. The van der Waals surface area contributed by atoms with Crippen LogP contribution in [0.3, 0.4) is 0 Å². The number of hydrazone groups is 1. The minimum atomic E-state index is -0.405. The molecule has 0 unspecified atom stereocenters. The van der Waals surface area contributed by atoms with Crippen molar-refractivity contribution in [1.82, 2.24) is 10.3 Å². The summed E-state index contributed by atoms with van der Waals surface area (Å²) < 4.78 is 0. The summed E-state index contributed by atoms with van der Waals surface area (Å²) in [6.45, 7) is -0.0925. The van der Waals surface area contributed by atoms with Gasteiger partial charge in [-0.25, -0.2) is 5.84 Å². The zero-order valence-electron chi connectivity index (χ0n) is 13.8. The Kier molecular flexibility index (Phi) is 8.84. The molecule has 0 bridgehead atoms. The highest BCUT2D eigenvalue weighted by atomic mass is 32.2. The molecule has 0 radical (unpaired) electrons. The molecule has 0 aliphatic rings. The van der Waals surface area contributed by atoms with Crippen LogP contribution < -0.4 is 22.7 Å². The van der Waals surface area contributed by atoms with Gasteiger partial charge in [0.2, 0.25) is 5.17 Å². The molecule has 8 N–H and O–H groups in total. The lowest BCUT2D eigenvalue weighted by molar-refractivity contribution is 0.0978. The van der Waals surface area contributed by atoms with E-state index in [0.717, 1.165) is 0 Å². The number of hydrogen-bond acceptors (Lipinski definition) is 9. The number of nitrogen functional groups attached to an aromatic ring is 1. The molecule has 0 fully saturated rings. The van der Waals surface area contributed by atoms with Crippen molar-refractivity contribution in [1.29, 1.82) is 0 Å². The third-order valence-corrected chi connectivity index (χ3v) is 4.60. The van der Waals surface area contributed by atoms with E-state index in [9.17, 15) is 4.79 Å². The van der Waals surface area contributed by atoms with Crippen LogP contribution in [0.25, 0.3) is 0 Å². The lowest BCUT2D eigenvalue weighted by atomic mass is 10.1. The summed E-state index contributed by atoms with van der Waals surface area (Å²) in [5.74, 6) is 10.5. The first-order valence-electron chi connectivity index (χ1n) is 6.97. The Morgan fingerprint density at radius 2 is 2.20 bits per heavy atom. The standard InChI is InChI=1S/C14H21N7O2S2/c1-18-13(24-7-3-6-22)19-12(23)10-8-9(4-5-11(10)15)25-14(20-16)21(2)17/h3-5,7-8,22H,6,15-17H2,1-2H3,(H,18,19,23)/b7-3+,20-14+. The number of nitrogens with zero attached hydrogens (tertiary/aromatic N) is 3. The van der Waals surface area contributed by atoms with Crippen molar-refractivity contribution in [2.45, 2.75) is 4.90 Å². The fourth-order valence-electron chi connectivity index (χ4n) is 1.55. The number of amides is 1. The highest BCUT2D eigenvalue weighted by Crippen LogP contribution is 2.24. The lowest BCUT2D eigenvalue weighted by Gasteiger charge is -2.14. The van der Waals surface area contributed by atoms with E-state index < -0.39 is 5.91 Å². The van der Waals surface area contributed by atoms with Gasteiger partial charge in [-0.2, -0.15) is 5.10 Å². The van der Waals surface area contributed by atoms with Crippen LogP contribution in [0.4, 0.5) is 5.69 Å². The van der Waals surface area contributed by atoms with Gasteiger partial charge in [-0.1, -0.05) is 17.8 Å². The number of aliphatic imine (C=N–C) groups is 1. The number of hydrazine groups is 1. The quantitative estimate of drug-likeness (QED) is 0.125. The van der Waals surface area contributed by atoms with Gasteiger partial charge in [-0.05, 0) is 35.4 Å². The van der Waals surface area contributed by atoms with Crippen molar-refractivity contribution < 1.29 is 9.90 Å². The number of nitrogens with one attached hydrogen (secondary N) is 1. The number of anilines is 1. The predicted molar refractivity (Wildman–Crippen MR) is 105 cm³/mol. The fraction of sp³-hybridized carbons (Fsp3) is 0.214. The van der Waals surface area contributed by atoms with Gasteiger partial charge >= 0.3 is 0 Å². The lowest BCUT2D eigenvalue weighted by Crippen LogP contribution is -2.32. The summed E-state index contributed by atoms with van der Waals surface area (Å²) in [6, 6.07) is 4.97. The SMILES string of the molecule is CN=C(NC(=O)c1cc(S/C(=N/N)N(C)N)ccc1N)S/C=C/CO. The molecule has 136 valence electrons. The first-order valence-corrected chi connectivity index (χ1v) is 8.66. The van der Waals surface area contributed by atoms with Crippen LogP contribution in [0, 0.1) is 0 Å². The fourth-order valence-corrected chi connectivity index (χ4v) is 2.84. The zero-order valence-corrected chi connectivity index (χ0v) is 15.5. The predicted octanol–water partition coefficient (Wildman–Crippen LogP) is 0.351. The second-order valence-electron chi connectivity index (χ2n) is 4.53. The van der Waals surface area contributed by atoms with Crippen LogP contribution in [-0.4, -0.2) is 47.1 Å². The average molecular weight is 384 g/mol. The maximum absolute atomic E-state index is 12.5. The minimum absolute atomic E-state index is 0.0925. The molecule has 9 nitrogen and oxygen atoms in total. The van der Waals surface area contributed by atoms with E-state index in [1.165, 1.54) is 34.6 Å². The van der Waals surface area contributed by atoms with E-state index in [1.54, 1.807) is 37.7 Å². The molecule has 0 aliphatic heterocycles. The number of aliphatic hydroxyl groups is 1. The van der Waals surface area contributed by atoms with Gasteiger partial charge < -0.3 is 22.0 Å². The number of aliphatic hydroxyl groups excluding tert-OH is 1. The summed E-state index contributed by atoms with van der Waals surface area (Å²) in [7, 11) is 3.15. The molecule has 1 rings (SSSR count). The molecule has 0 heterocycles. The van der Waals surface area contributed by atoms with Crippen molar-refractivity contribution >= 4 is 45.5 Å². The summed E-state index contributed by atoms with van der Waals surface area (Å²) in [5.41, 5.74) is 6.50. The maximum atomic E-state index is 12.5. The Labute approximate surface area is 154 Å². The normalized spacial score (nSPS) is 12.5. The maximum Gasteiger partial charge on any atom is 0.259 e. The van der Waals surface area contributed by atoms with Gasteiger partial charge in [0.25, 0.3) is 5.91 Å². The molecule has 1 amide bonds. The number of carbonyl (C=O) groups is 1. The second-order valence-corrected chi connectivity index (χ2v) is 6.46. The molecule has 0 aromatic heterocycles. The Balaban J connectivity index is 2.94. The molecule has 0 aliphatic carbocycles. The first kappa shape index (κ1) is 20.8. The van der Waals surface area contributed by atoms with Gasteiger partial charge in [-0.15, -0.1) is 0 Å². The van der Waals surface area contributed by atoms with Crippen molar-refractivity contribution in [3.05, 3.63) is 35.2 Å². The van der Waals surface area contributed by atoms with Crippen molar-refractivity contribution in [3.8, 4) is 0 Å². The van der Waals surface area contributed by atoms with Crippen LogP contribution in [0.1, 0.15) is 10.4 Å². The van der Waals surface area contributed by atoms with E-state index in [0.29, 0.717) is 20.9 Å². The summed E-state index contributed by atoms with van der Waals surface area (Å²) >= 11 is 2.36. The molecule has 0 saturated carbocycles. The number of hydrogen-bond donors (Lipinski definition) is 5. The van der Waals surface area contributed by atoms with Crippen LogP contribution in [-0.2, 0) is 0 Å². The van der Waals surface area contributed by atoms with Crippen molar-refractivity contribution in [2.24, 2.45) is 21.8 Å². The summed E-state index contributed by atoms with van der Waals surface area (Å²) in [6.07, 6.45) is 1.53. The van der Waals surface area contributed by atoms with E-state index in [-0.39, 0.29) is 12.2 Å². The molecule has 1 aromatic carbocycles. The smallest absolute Gasteiger partial charge is 0.259 e. The first-order chi connectivity index (χ1) is 11.9. The molecule has 25 heavy (non-hydrogen) atoms. The Morgan fingerprint density at radius 1 is 1.48 bits per heavy atom. The van der Waals surface area contributed by atoms with Crippen LogP contribution in [0.5, 0.6) is 0 Å².